The van der Waals surface area contributed by atoms with Crippen LogP contribution in [-0.4, -0.2) is 56.6 Å². The Morgan fingerprint density at radius 1 is 1.31 bits per heavy atom. The second-order valence-corrected chi connectivity index (χ2v) is 5.52. The van der Waals surface area contributed by atoms with Crippen molar-refractivity contribution in [3.63, 3.8) is 0 Å². The molecular formula is C13H29N3. The monoisotopic (exact) mass is 227 g/mol. The lowest BCUT2D eigenvalue weighted by atomic mass is 9.95. The van der Waals surface area contributed by atoms with E-state index < -0.39 is 0 Å². The summed E-state index contributed by atoms with van der Waals surface area (Å²) in [4.78, 5) is 4.92. The molecule has 3 nitrogen and oxygen atoms in total. The van der Waals surface area contributed by atoms with E-state index in [0.29, 0.717) is 5.92 Å². The molecule has 0 bridgehead atoms. The minimum atomic E-state index is 0.699. The summed E-state index contributed by atoms with van der Waals surface area (Å²) in [7, 11) is 4.35. The zero-order chi connectivity index (χ0) is 12.0. The largest absolute Gasteiger partial charge is 0.330 e. The Balaban J connectivity index is 2.21. The minimum absolute atomic E-state index is 0.699. The summed E-state index contributed by atoms with van der Waals surface area (Å²) in [5.41, 5.74) is 5.76. The van der Waals surface area contributed by atoms with Crippen molar-refractivity contribution in [3.8, 4) is 0 Å². The van der Waals surface area contributed by atoms with Gasteiger partial charge in [0.15, 0.2) is 0 Å². The maximum absolute atomic E-state index is 5.76. The van der Waals surface area contributed by atoms with Crippen LogP contribution >= 0.6 is 0 Å². The molecule has 0 aromatic heterocycles. The third-order valence-corrected chi connectivity index (χ3v) is 3.76. The van der Waals surface area contributed by atoms with Gasteiger partial charge in [0.05, 0.1) is 0 Å². The summed E-state index contributed by atoms with van der Waals surface area (Å²) in [5, 5.41) is 0. The van der Waals surface area contributed by atoms with Crippen LogP contribution in [0.25, 0.3) is 0 Å². The highest BCUT2D eigenvalue weighted by Gasteiger charge is 2.20. The van der Waals surface area contributed by atoms with Gasteiger partial charge in [-0.3, -0.25) is 0 Å². The molecule has 1 heterocycles. The third-order valence-electron chi connectivity index (χ3n) is 3.76. The predicted molar refractivity (Wildman–Crippen MR) is 70.6 cm³/mol. The molecule has 0 spiro atoms. The van der Waals surface area contributed by atoms with Crippen LogP contribution in [0.4, 0.5) is 0 Å². The molecule has 96 valence electrons. The lowest BCUT2D eigenvalue weighted by molar-refractivity contribution is 0.144. The highest BCUT2D eigenvalue weighted by molar-refractivity contribution is 4.75. The number of nitrogens with two attached hydrogens (primary N) is 1. The van der Waals surface area contributed by atoms with Crippen LogP contribution in [0.3, 0.4) is 0 Å². The molecule has 0 saturated carbocycles. The first-order chi connectivity index (χ1) is 7.65. The molecule has 0 amide bonds. The first-order valence-electron chi connectivity index (χ1n) is 6.72. The smallest absolute Gasteiger partial charge is 0.00216 e. The molecule has 3 heteroatoms. The maximum Gasteiger partial charge on any atom is 0.00216 e. The summed E-state index contributed by atoms with van der Waals surface area (Å²) in [6.07, 6.45) is 3.94. The fourth-order valence-electron chi connectivity index (χ4n) is 2.60. The molecule has 0 aromatic carbocycles. The molecule has 16 heavy (non-hydrogen) atoms. The fourth-order valence-corrected chi connectivity index (χ4v) is 2.60. The van der Waals surface area contributed by atoms with Crippen LogP contribution in [0.5, 0.6) is 0 Å². The van der Waals surface area contributed by atoms with Crippen molar-refractivity contribution < 1.29 is 0 Å². The van der Waals surface area contributed by atoms with Gasteiger partial charge >= 0.3 is 0 Å². The van der Waals surface area contributed by atoms with E-state index in [1.807, 2.05) is 0 Å². The van der Waals surface area contributed by atoms with E-state index in [1.54, 1.807) is 0 Å². The lowest BCUT2D eigenvalue weighted by Crippen LogP contribution is -2.40. The first-order valence-corrected chi connectivity index (χ1v) is 6.72. The minimum Gasteiger partial charge on any atom is -0.330 e. The highest BCUT2D eigenvalue weighted by Crippen LogP contribution is 2.18. The van der Waals surface area contributed by atoms with Gasteiger partial charge in [0, 0.05) is 13.1 Å². The summed E-state index contributed by atoms with van der Waals surface area (Å²) >= 11 is 0. The van der Waals surface area contributed by atoms with Gasteiger partial charge in [-0.05, 0) is 58.4 Å². The molecule has 1 atom stereocenters. The number of piperidine rings is 1. The Hall–Kier alpha value is -0.120. The van der Waals surface area contributed by atoms with Gasteiger partial charge in [-0.1, -0.05) is 13.3 Å². The van der Waals surface area contributed by atoms with Gasteiger partial charge in [-0.25, -0.2) is 0 Å². The molecule has 2 N–H and O–H groups in total. The number of rotatable bonds is 6. The van der Waals surface area contributed by atoms with Crippen molar-refractivity contribution in [3.05, 3.63) is 0 Å². The number of hydrogen-bond donors (Lipinski definition) is 1. The Bertz CT molecular complexity index is 170. The molecule has 0 aromatic rings. The normalized spacial score (nSPS) is 21.6. The van der Waals surface area contributed by atoms with Crippen LogP contribution in [0, 0.1) is 11.8 Å². The van der Waals surface area contributed by atoms with Crippen molar-refractivity contribution in [1.82, 2.24) is 9.80 Å². The van der Waals surface area contributed by atoms with Crippen LogP contribution in [0.15, 0.2) is 0 Å². The second kappa shape index (κ2) is 7.25. The van der Waals surface area contributed by atoms with Crippen molar-refractivity contribution in [2.24, 2.45) is 17.6 Å². The second-order valence-electron chi connectivity index (χ2n) is 5.52. The Morgan fingerprint density at radius 2 is 1.94 bits per heavy atom. The zero-order valence-electron chi connectivity index (χ0n) is 11.3. The molecular weight excluding hydrogens is 198 g/mol. The van der Waals surface area contributed by atoms with Crippen molar-refractivity contribution in [2.75, 3.05) is 46.8 Å². The summed E-state index contributed by atoms with van der Waals surface area (Å²) in [6, 6.07) is 0. The molecule has 1 fully saturated rings. The molecule has 0 radical (unpaired) electrons. The fraction of sp³-hybridized carbons (Fsp3) is 1.00. The van der Waals surface area contributed by atoms with Crippen molar-refractivity contribution in [1.29, 1.82) is 0 Å². The number of hydrogen-bond acceptors (Lipinski definition) is 3. The van der Waals surface area contributed by atoms with Crippen LogP contribution < -0.4 is 5.73 Å². The Labute approximate surface area is 101 Å². The van der Waals surface area contributed by atoms with Crippen molar-refractivity contribution >= 4 is 0 Å². The van der Waals surface area contributed by atoms with E-state index in [1.165, 1.54) is 45.4 Å². The summed E-state index contributed by atoms with van der Waals surface area (Å²) in [5.74, 6) is 1.61. The van der Waals surface area contributed by atoms with Gasteiger partial charge in [0.1, 0.15) is 0 Å². The predicted octanol–water partition coefficient (Wildman–Crippen LogP) is 1.24. The molecule has 1 unspecified atom stereocenters. The van der Waals surface area contributed by atoms with E-state index in [9.17, 15) is 0 Å². The third kappa shape index (κ3) is 4.81. The number of likely N-dealkylation sites (tertiary alicyclic amines) is 1. The van der Waals surface area contributed by atoms with E-state index in [0.717, 1.165) is 12.5 Å². The highest BCUT2D eigenvalue weighted by atomic mass is 15.1. The number of nitrogens with zero attached hydrogens (tertiary/aromatic N) is 2. The van der Waals surface area contributed by atoms with Gasteiger partial charge in [-0.2, -0.15) is 0 Å². The van der Waals surface area contributed by atoms with Crippen LogP contribution in [0.2, 0.25) is 0 Å². The Morgan fingerprint density at radius 3 is 2.38 bits per heavy atom. The van der Waals surface area contributed by atoms with Gasteiger partial charge in [0.2, 0.25) is 0 Å². The van der Waals surface area contributed by atoms with Gasteiger partial charge in [-0.15, -0.1) is 0 Å². The molecule has 0 aliphatic carbocycles. The van der Waals surface area contributed by atoms with Crippen molar-refractivity contribution in [2.45, 2.75) is 26.2 Å². The summed E-state index contributed by atoms with van der Waals surface area (Å²) < 4.78 is 0. The molecule has 1 saturated heterocycles. The van der Waals surface area contributed by atoms with E-state index in [2.05, 4.69) is 30.8 Å². The topological polar surface area (TPSA) is 32.5 Å². The average Bonchev–Trinajstić information content (AvgIpc) is 2.27. The quantitative estimate of drug-likeness (QED) is 0.741. The van der Waals surface area contributed by atoms with E-state index >= 15 is 0 Å². The van der Waals surface area contributed by atoms with Gasteiger partial charge < -0.3 is 15.5 Å². The van der Waals surface area contributed by atoms with Crippen LogP contribution in [-0.2, 0) is 0 Å². The average molecular weight is 227 g/mol. The molecule has 1 aliphatic rings. The lowest BCUT2D eigenvalue weighted by Gasteiger charge is -2.34. The SMILES string of the molecule is CCC(CN)CN1CCC(CN(C)C)CC1. The zero-order valence-corrected chi connectivity index (χ0v) is 11.3. The standard InChI is InChI=1S/C13H29N3/c1-4-12(9-14)11-16-7-5-13(6-8-16)10-15(2)3/h12-13H,4-11,14H2,1-3H3. The first kappa shape index (κ1) is 13.9. The van der Waals surface area contributed by atoms with Crippen LogP contribution in [0.1, 0.15) is 26.2 Å². The summed E-state index contributed by atoms with van der Waals surface area (Å²) in [6.45, 7) is 8.10. The Kier molecular flexibility index (Phi) is 6.32. The molecule has 1 rings (SSSR count). The van der Waals surface area contributed by atoms with E-state index in [-0.39, 0.29) is 0 Å². The maximum atomic E-state index is 5.76. The van der Waals surface area contributed by atoms with E-state index in [4.69, 9.17) is 5.73 Å². The van der Waals surface area contributed by atoms with Gasteiger partial charge in [0.25, 0.3) is 0 Å². The molecule has 1 aliphatic heterocycles.